The van der Waals surface area contributed by atoms with Crippen molar-refractivity contribution in [3.05, 3.63) is 59.6 Å². The summed E-state index contributed by atoms with van der Waals surface area (Å²) in [5.41, 5.74) is 5.53. The van der Waals surface area contributed by atoms with Gasteiger partial charge in [0, 0.05) is 34.4 Å². The van der Waals surface area contributed by atoms with Crippen molar-refractivity contribution in [1.82, 2.24) is 15.3 Å². The molecule has 2 aromatic heterocycles. The van der Waals surface area contributed by atoms with E-state index in [0.717, 1.165) is 37.9 Å². The van der Waals surface area contributed by atoms with E-state index in [1.54, 1.807) is 6.20 Å². The van der Waals surface area contributed by atoms with Gasteiger partial charge in [0.15, 0.2) is 0 Å². The van der Waals surface area contributed by atoms with Gasteiger partial charge in [0.1, 0.15) is 4.88 Å². The second kappa shape index (κ2) is 7.48. The van der Waals surface area contributed by atoms with Gasteiger partial charge in [0.25, 0.3) is 5.91 Å². The Morgan fingerprint density at radius 3 is 2.90 bits per heavy atom. The van der Waals surface area contributed by atoms with Crippen molar-refractivity contribution in [2.45, 2.75) is 6.92 Å². The molecule has 0 radical (unpaired) electrons. The third-order valence-electron chi connectivity index (χ3n) is 5.26. The predicted octanol–water partition coefficient (Wildman–Crippen LogP) is 4.10. The molecular formula is C23H19N5O2S. The SMILES string of the molecule is C=CC(=O)Nc1cc(-c2cnc3c(ccc4sc5c(c43)NCCNC5=O)n2)ccc1C. The first-order valence-corrected chi connectivity index (χ1v) is 10.7. The van der Waals surface area contributed by atoms with Gasteiger partial charge < -0.3 is 16.0 Å². The minimum absolute atomic E-state index is 0.0623. The van der Waals surface area contributed by atoms with Crippen LogP contribution in [0.4, 0.5) is 11.4 Å². The van der Waals surface area contributed by atoms with Gasteiger partial charge in [0.2, 0.25) is 5.91 Å². The Labute approximate surface area is 182 Å². The Hall–Kier alpha value is -3.78. The van der Waals surface area contributed by atoms with Crippen LogP contribution in [-0.4, -0.2) is 34.9 Å². The third kappa shape index (κ3) is 3.30. The normalized spacial score (nSPS) is 13.3. The van der Waals surface area contributed by atoms with Gasteiger partial charge in [0.05, 0.1) is 28.6 Å². The highest BCUT2D eigenvalue weighted by Gasteiger charge is 2.23. The van der Waals surface area contributed by atoms with Crippen molar-refractivity contribution in [2.75, 3.05) is 23.7 Å². The Bertz CT molecular complexity index is 1390. The van der Waals surface area contributed by atoms with E-state index in [4.69, 9.17) is 9.97 Å². The van der Waals surface area contributed by atoms with Crippen molar-refractivity contribution in [2.24, 2.45) is 0 Å². The Morgan fingerprint density at radius 2 is 2.06 bits per heavy atom. The second-order valence-electron chi connectivity index (χ2n) is 7.27. The summed E-state index contributed by atoms with van der Waals surface area (Å²) in [5, 5.41) is 10.0. The number of carbonyl (C=O) groups is 2. The number of anilines is 2. The third-order valence-corrected chi connectivity index (χ3v) is 6.41. The lowest BCUT2D eigenvalue weighted by Gasteiger charge is -2.10. The fourth-order valence-electron chi connectivity index (χ4n) is 3.68. The van der Waals surface area contributed by atoms with Crippen molar-refractivity contribution in [3.63, 3.8) is 0 Å². The Morgan fingerprint density at radius 1 is 1.23 bits per heavy atom. The molecule has 8 heteroatoms. The van der Waals surface area contributed by atoms with Gasteiger partial charge in [-0.05, 0) is 36.8 Å². The number of hydrogen-bond acceptors (Lipinski definition) is 6. The molecule has 2 amide bonds. The predicted molar refractivity (Wildman–Crippen MR) is 125 cm³/mol. The molecule has 3 N–H and O–H groups in total. The molecule has 0 atom stereocenters. The summed E-state index contributed by atoms with van der Waals surface area (Å²) in [6.07, 6.45) is 2.97. The highest BCUT2D eigenvalue weighted by molar-refractivity contribution is 7.21. The smallest absolute Gasteiger partial charge is 0.263 e. The van der Waals surface area contributed by atoms with Crippen LogP contribution < -0.4 is 16.0 Å². The molecule has 4 aromatic rings. The largest absolute Gasteiger partial charge is 0.381 e. The summed E-state index contributed by atoms with van der Waals surface area (Å²) in [7, 11) is 0. The number of fused-ring (bicyclic) bond motifs is 5. The highest BCUT2D eigenvalue weighted by atomic mass is 32.1. The molecule has 1 aliphatic rings. The maximum Gasteiger partial charge on any atom is 0.263 e. The molecule has 0 saturated heterocycles. The highest BCUT2D eigenvalue weighted by Crippen LogP contribution is 2.40. The molecule has 3 heterocycles. The minimum atomic E-state index is -0.262. The van der Waals surface area contributed by atoms with Gasteiger partial charge in [-0.3, -0.25) is 14.6 Å². The summed E-state index contributed by atoms with van der Waals surface area (Å²) in [6, 6.07) is 9.68. The van der Waals surface area contributed by atoms with Crippen molar-refractivity contribution in [3.8, 4) is 11.3 Å². The van der Waals surface area contributed by atoms with Crippen LogP contribution in [0.25, 0.3) is 32.4 Å². The summed E-state index contributed by atoms with van der Waals surface area (Å²) in [5.74, 6) is -0.324. The first kappa shape index (κ1) is 19.2. The van der Waals surface area contributed by atoms with Gasteiger partial charge in [-0.1, -0.05) is 18.7 Å². The van der Waals surface area contributed by atoms with Gasteiger partial charge >= 0.3 is 0 Å². The van der Waals surface area contributed by atoms with Crippen LogP contribution in [0.3, 0.4) is 0 Å². The van der Waals surface area contributed by atoms with Crippen LogP contribution in [0.1, 0.15) is 15.2 Å². The molecule has 1 aliphatic heterocycles. The maximum absolute atomic E-state index is 12.4. The number of carbonyl (C=O) groups excluding carboxylic acids is 2. The number of nitrogens with zero attached hydrogens (tertiary/aromatic N) is 2. The molecular weight excluding hydrogens is 410 g/mol. The topological polar surface area (TPSA) is 96.0 Å². The summed E-state index contributed by atoms with van der Waals surface area (Å²) in [4.78, 5) is 34.3. The monoisotopic (exact) mass is 429 g/mol. The van der Waals surface area contributed by atoms with Crippen LogP contribution in [0.2, 0.25) is 0 Å². The average Bonchev–Trinajstić information content (AvgIpc) is 3.07. The molecule has 0 fully saturated rings. The van der Waals surface area contributed by atoms with Crippen LogP contribution in [0, 0.1) is 6.92 Å². The molecule has 5 rings (SSSR count). The number of benzene rings is 2. The van der Waals surface area contributed by atoms with E-state index in [1.807, 2.05) is 37.3 Å². The van der Waals surface area contributed by atoms with Crippen molar-refractivity contribution in [1.29, 1.82) is 0 Å². The minimum Gasteiger partial charge on any atom is -0.381 e. The number of aromatic nitrogens is 2. The first-order valence-electron chi connectivity index (χ1n) is 9.84. The quantitative estimate of drug-likeness (QED) is 0.426. The molecule has 0 saturated carbocycles. The van der Waals surface area contributed by atoms with E-state index in [-0.39, 0.29) is 11.8 Å². The van der Waals surface area contributed by atoms with E-state index in [2.05, 4.69) is 22.5 Å². The molecule has 0 bridgehead atoms. The molecule has 7 nitrogen and oxygen atoms in total. The van der Waals surface area contributed by atoms with Gasteiger partial charge in [-0.25, -0.2) is 4.98 Å². The van der Waals surface area contributed by atoms with E-state index in [1.165, 1.54) is 17.4 Å². The summed E-state index contributed by atoms with van der Waals surface area (Å²) < 4.78 is 0.994. The van der Waals surface area contributed by atoms with Crippen LogP contribution in [0.5, 0.6) is 0 Å². The zero-order valence-electron chi connectivity index (χ0n) is 16.8. The lowest BCUT2D eigenvalue weighted by molar-refractivity contribution is -0.111. The Balaban J connectivity index is 1.63. The lowest BCUT2D eigenvalue weighted by atomic mass is 10.1. The fraction of sp³-hybridized carbons (Fsp3) is 0.130. The van der Waals surface area contributed by atoms with Crippen LogP contribution in [0.15, 0.2) is 49.2 Å². The molecule has 154 valence electrons. The summed E-state index contributed by atoms with van der Waals surface area (Å²) in [6.45, 7) is 6.67. The van der Waals surface area contributed by atoms with Crippen LogP contribution in [-0.2, 0) is 4.79 Å². The number of nitrogens with one attached hydrogen (secondary N) is 3. The molecule has 0 unspecified atom stereocenters. The lowest BCUT2D eigenvalue weighted by Crippen LogP contribution is -2.24. The Kier molecular flexibility index (Phi) is 4.63. The van der Waals surface area contributed by atoms with Crippen molar-refractivity contribution < 1.29 is 9.59 Å². The zero-order valence-corrected chi connectivity index (χ0v) is 17.6. The average molecular weight is 430 g/mol. The zero-order chi connectivity index (χ0) is 21.5. The second-order valence-corrected chi connectivity index (χ2v) is 8.33. The standard InChI is InChI=1S/C23H19N5O2S/c1-3-18(29)28-15-10-13(5-4-12(15)2)16-11-26-20-14(27-16)6-7-17-19(20)21-22(31-17)23(30)25-9-8-24-21/h3-7,10-11,24H,1,8-9H2,2H3,(H,25,30)(H,28,29). The number of amides is 2. The molecule has 0 aliphatic carbocycles. The van der Waals surface area contributed by atoms with Gasteiger partial charge in [-0.2, -0.15) is 0 Å². The number of aryl methyl sites for hydroxylation is 1. The van der Waals surface area contributed by atoms with Crippen LogP contribution >= 0.6 is 11.3 Å². The number of hydrogen-bond donors (Lipinski definition) is 3. The summed E-state index contributed by atoms with van der Waals surface area (Å²) >= 11 is 1.46. The molecule has 2 aromatic carbocycles. The van der Waals surface area contributed by atoms with Gasteiger partial charge in [-0.15, -0.1) is 11.3 Å². The van der Waals surface area contributed by atoms with Crippen molar-refractivity contribution >= 4 is 55.6 Å². The number of thiophene rings is 1. The number of rotatable bonds is 3. The fourth-order valence-corrected chi connectivity index (χ4v) is 4.78. The van der Waals surface area contributed by atoms with E-state index in [0.29, 0.717) is 29.3 Å². The molecule has 0 spiro atoms. The van der Waals surface area contributed by atoms with E-state index < -0.39 is 0 Å². The van der Waals surface area contributed by atoms with E-state index in [9.17, 15) is 9.59 Å². The maximum atomic E-state index is 12.4. The van der Waals surface area contributed by atoms with E-state index >= 15 is 0 Å². The molecule has 31 heavy (non-hydrogen) atoms. The first-order chi connectivity index (χ1) is 15.0.